The SMILES string of the molecule is CCN(CC)C(=O)c1ccc(C(=C2CCNCC2)c2ccccc2F)cc1. The van der Waals surface area contributed by atoms with E-state index < -0.39 is 0 Å². The fraction of sp³-hybridized carbons (Fsp3) is 0.348. The minimum absolute atomic E-state index is 0.0357. The molecule has 1 N–H and O–H groups in total. The van der Waals surface area contributed by atoms with E-state index in [9.17, 15) is 9.18 Å². The number of hydrogen-bond acceptors (Lipinski definition) is 2. The molecule has 0 aliphatic carbocycles. The monoisotopic (exact) mass is 366 g/mol. The number of carbonyl (C=O) groups is 1. The Labute approximate surface area is 160 Å². The number of nitrogens with zero attached hydrogens (tertiary/aromatic N) is 1. The Balaban J connectivity index is 2.01. The first-order valence-corrected chi connectivity index (χ1v) is 9.73. The molecule has 4 heteroatoms. The fourth-order valence-electron chi connectivity index (χ4n) is 3.67. The van der Waals surface area contributed by atoms with Gasteiger partial charge in [0.1, 0.15) is 5.82 Å². The molecule has 1 heterocycles. The van der Waals surface area contributed by atoms with Crippen LogP contribution >= 0.6 is 0 Å². The first-order chi connectivity index (χ1) is 13.2. The molecule has 1 saturated heterocycles. The lowest BCUT2D eigenvalue weighted by Crippen LogP contribution is -2.30. The number of rotatable bonds is 5. The molecule has 3 rings (SSSR count). The maximum absolute atomic E-state index is 14.6. The van der Waals surface area contributed by atoms with Gasteiger partial charge in [-0.3, -0.25) is 4.79 Å². The lowest BCUT2D eigenvalue weighted by molar-refractivity contribution is 0.0773. The lowest BCUT2D eigenvalue weighted by Gasteiger charge is -2.22. The molecule has 142 valence electrons. The number of piperidine rings is 1. The van der Waals surface area contributed by atoms with Crippen LogP contribution in [-0.2, 0) is 0 Å². The van der Waals surface area contributed by atoms with Crippen LogP contribution in [0, 0.1) is 5.82 Å². The lowest BCUT2D eigenvalue weighted by atomic mass is 9.88. The first-order valence-electron chi connectivity index (χ1n) is 9.73. The number of carbonyl (C=O) groups excluding carboxylic acids is 1. The zero-order valence-electron chi connectivity index (χ0n) is 16.1. The Kier molecular flexibility index (Phi) is 6.40. The van der Waals surface area contributed by atoms with E-state index >= 15 is 0 Å². The summed E-state index contributed by atoms with van der Waals surface area (Å²) in [6.45, 7) is 7.15. The van der Waals surface area contributed by atoms with Crippen molar-refractivity contribution in [3.8, 4) is 0 Å². The van der Waals surface area contributed by atoms with Crippen molar-refractivity contribution in [1.82, 2.24) is 10.2 Å². The zero-order chi connectivity index (χ0) is 19.2. The standard InChI is InChI=1S/C23H27FN2O/c1-3-26(4-2)23(27)19-11-9-17(10-12-19)22(18-13-15-25-16-14-18)20-7-5-6-8-21(20)24/h5-12,25H,3-4,13-16H2,1-2H3. The number of amides is 1. The second kappa shape index (κ2) is 8.96. The number of benzene rings is 2. The maximum atomic E-state index is 14.6. The van der Waals surface area contributed by atoms with Crippen molar-refractivity contribution in [2.24, 2.45) is 0 Å². The molecule has 1 aliphatic rings. The van der Waals surface area contributed by atoms with Crippen LogP contribution in [0.15, 0.2) is 54.1 Å². The predicted molar refractivity (Wildman–Crippen MR) is 108 cm³/mol. The summed E-state index contributed by atoms with van der Waals surface area (Å²) in [5.74, 6) is -0.171. The molecule has 0 atom stereocenters. The predicted octanol–water partition coefficient (Wildman–Crippen LogP) is 4.49. The average molecular weight is 366 g/mol. The molecule has 2 aromatic rings. The summed E-state index contributed by atoms with van der Waals surface area (Å²) in [5.41, 5.74) is 4.51. The van der Waals surface area contributed by atoms with Gasteiger partial charge in [0.05, 0.1) is 0 Å². The molecule has 0 saturated carbocycles. The summed E-state index contributed by atoms with van der Waals surface area (Å²) in [5, 5.41) is 3.36. The summed E-state index contributed by atoms with van der Waals surface area (Å²) in [6.07, 6.45) is 1.81. The third-order valence-corrected chi connectivity index (χ3v) is 5.18. The minimum atomic E-state index is -0.207. The van der Waals surface area contributed by atoms with Crippen LogP contribution < -0.4 is 5.32 Å². The Morgan fingerprint density at radius 2 is 1.56 bits per heavy atom. The van der Waals surface area contributed by atoms with Crippen LogP contribution in [0.1, 0.15) is 48.2 Å². The highest BCUT2D eigenvalue weighted by Gasteiger charge is 2.18. The zero-order valence-corrected chi connectivity index (χ0v) is 16.1. The molecule has 0 unspecified atom stereocenters. The highest BCUT2D eigenvalue weighted by Crippen LogP contribution is 2.32. The summed E-state index contributed by atoms with van der Waals surface area (Å²) >= 11 is 0. The molecule has 0 radical (unpaired) electrons. The second-order valence-electron chi connectivity index (χ2n) is 6.76. The van der Waals surface area contributed by atoms with Crippen molar-refractivity contribution in [1.29, 1.82) is 0 Å². The van der Waals surface area contributed by atoms with Gasteiger partial charge in [0, 0.05) is 24.2 Å². The second-order valence-corrected chi connectivity index (χ2v) is 6.76. The van der Waals surface area contributed by atoms with E-state index in [0.717, 1.165) is 37.1 Å². The van der Waals surface area contributed by atoms with Crippen molar-refractivity contribution in [2.45, 2.75) is 26.7 Å². The third kappa shape index (κ3) is 4.28. The topological polar surface area (TPSA) is 32.3 Å². The van der Waals surface area contributed by atoms with Crippen molar-refractivity contribution in [3.63, 3.8) is 0 Å². The quantitative estimate of drug-likeness (QED) is 0.845. The Bertz CT molecular complexity index is 815. The van der Waals surface area contributed by atoms with Gasteiger partial charge in [-0.25, -0.2) is 4.39 Å². The third-order valence-electron chi connectivity index (χ3n) is 5.18. The Morgan fingerprint density at radius 1 is 0.963 bits per heavy atom. The van der Waals surface area contributed by atoms with Crippen LogP contribution in [-0.4, -0.2) is 37.0 Å². The van der Waals surface area contributed by atoms with Crippen LogP contribution in [0.4, 0.5) is 4.39 Å². The van der Waals surface area contributed by atoms with E-state index in [1.165, 1.54) is 11.6 Å². The fourth-order valence-corrected chi connectivity index (χ4v) is 3.67. The highest BCUT2D eigenvalue weighted by molar-refractivity contribution is 5.95. The van der Waals surface area contributed by atoms with Gasteiger partial charge in [-0.2, -0.15) is 0 Å². The van der Waals surface area contributed by atoms with Crippen LogP contribution in [0.3, 0.4) is 0 Å². The van der Waals surface area contributed by atoms with Gasteiger partial charge >= 0.3 is 0 Å². The van der Waals surface area contributed by atoms with E-state index in [2.05, 4.69) is 5.32 Å². The normalized spacial score (nSPS) is 14.1. The molecule has 1 amide bonds. The van der Waals surface area contributed by atoms with Gasteiger partial charge in [-0.05, 0) is 69.1 Å². The molecule has 0 spiro atoms. The van der Waals surface area contributed by atoms with E-state index in [1.54, 1.807) is 11.0 Å². The minimum Gasteiger partial charge on any atom is -0.339 e. The first kappa shape index (κ1) is 19.3. The van der Waals surface area contributed by atoms with E-state index in [1.807, 2.05) is 50.2 Å². The number of nitrogens with one attached hydrogen (secondary N) is 1. The molecule has 3 nitrogen and oxygen atoms in total. The van der Waals surface area contributed by atoms with Crippen LogP contribution in [0.2, 0.25) is 0 Å². The van der Waals surface area contributed by atoms with Crippen LogP contribution in [0.25, 0.3) is 5.57 Å². The smallest absolute Gasteiger partial charge is 0.253 e. The summed E-state index contributed by atoms with van der Waals surface area (Å²) in [7, 11) is 0. The number of hydrogen-bond donors (Lipinski definition) is 1. The summed E-state index contributed by atoms with van der Waals surface area (Å²) in [4.78, 5) is 14.4. The van der Waals surface area contributed by atoms with Gasteiger partial charge in [0.25, 0.3) is 5.91 Å². The molecule has 1 fully saturated rings. The Hall–Kier alpha value is -2.46. The number of halogens is 1. The Morgan fingerprint density at radius 3 is 2.15 bits per heavy atom. The van der Waals surface area contributed by atoms with Gasteiger partial charge in [0.15, 0.2) is 0 Å². The molecule has 0 aromatic heterocycles. The summed E-state index contributed by atoms with van der Waals surface area (Å²) in [6, 6.07) is 14.6. The largest absolute Gasteiger partial charge is 0.339 e. The van der Waals surface area contributed by atoms with E-state index in [0.29, 0.717) is 24.2 Å². The molecular weight excluding hydrogens is 339 g/mol. The molecule has 27 heavy (non-hydrogen) atoms. The van der Waals surface area contributed by atoms with Gasteiger partial charge < -0.3 is 10.2 Å². The van der Waals surface area contributed by atoms with Gasteiger partial charge in [-0.1, -0.05) is 35.9 Å². The highest BCUT2D eigenvalue weighted by atomic mass is 19.1. The van der Waals surface area contributed by atoms with Crippen molar-refractivity contribution < 1.29 is 9.18 Å². The molecule has 0 bridgehead atoms. The van der Waals surface area contributed by atoms with Crippen LogP contribution in [0.5, 0.6) is 0 Å². The molecule has 1 aliphatic heterocycles. The van der Waals surface area contributed by atoms with Gasteiger partial charge in [-0.15, -0.1) is 0 Å². The van der Waals surface area contributed by atoms with Crippen molar-refractivity contribution >= 4 is 11.5 Å². The van der Waals surface area contributed by atoms with Crippen molar-refractivity contribution in [3.05, 3.63) is 76.6 Å². The average Bonchev–Trinajstić information content (AvgIpc) is 2.72. The van der Waals surface area contributed by atoms with Crippen molar-refractivity contribution in [2.75, 3.05) is 26.2 Å². The molecular formula is C23H27FN2O. The molecule has 2 aromatic carbocycles. The maximum Gasteiger partial charge on any atom is 0.253 e. The van der Waals surface area contributed by atoms with E-state index in [4.69, 9.17) is 0 Å². The van der Waals surface area contributed by atoms with Gasteiger partial charge in [0.2, 0.25) is 0 Å². The summed E-state index contributed by atoms with van der Waals surface area (Å²) < 4.78 is 14.6. The van der Waals surface area contributed by atoms with E-state index in [-0.39, 0.29) is 11.7 Å².